The number of carbonyl (C=O) groups excluding carboxylic acids is 2. The number of nitrogens with one attached hydrogen (secondary N) is 1. The van der Waals surface area contributed by atoms with Gasteiger partial charge in [0.25, 0.3) is 0 Å². The van der Waals surface area contributed by atoms with Gasteiger partial charge >= 0.3 is 0 Å². The molecule has 2 fully saturated rings. The van der Waals surface area contributed by atoms with Gasteiger partial charge in [0, 0.05) is 38.3 Å². The van der Waals surface area contributed by atoms with Crippen molar-refractivity contribution >= 4 is 27.5 Å². The highest BCUT2D eigenvalue weighted by molar-refractivity contribution is 7.89. The zero-order valence-electron chi connectivity index (χ0n) is 17.9. The van der Waals surface area contributed by atoms with Gasteiger partial charge in [0.15, 0.2) is 0 Å². The van der Waals surface area contributed by atoms with Crippen LogP contribution in [0.1, 0.15) is 54.7 Å². The fourth-order valence-corrected chi connectivity index (χ4v) is 6.31. The van der Waals surface area contributed by atoms with E-state index in [1.165, 1.54) is 23.6 Å². The number of carbonyl (C=O) groups is 2. The van der Waals surface area contributed by atoms with Crippen LogP contribution < -0.4 is 10.2 Å². The molecule has 0 bridgehead atoms. The minimum Gasteiger partial charge on any atom is -0.372 e. The summed E-state index contributed by atoms with van der Waals surface area (Å²) in [5.41, 5.74) is 3.77. The van der Waals surface area contributed by atoms with Crippen molar-refractivity contribution in [2.24, 2.45) is 0 Å². The first-order valence-electron chi connectivity index (χ1n) is 11.2. The van der Waals surface area contributed by atoms with Crippen LogP contribution in [0.25, 0.3) is 0 Å². The van der Waals surface area contributed by atoms with Crippen LogP contribution in [0.5, 0.6) is 0 Å². The normalized spacial score (nSPS) is 22.0. The number of hydrogen-bond donors (Lipinski definition) is 1. The molecule has 2 saturated heterocycles. The largest absolute Gasteiger partial charge is 0.372 e. The van der Waals surface area contributed by atoms with Crippen molar-refractivity contribution in [2.75, 3.05) is 18.0 Å². The first-order chi connectivity index (χ1) is 15.4. The maximum absolute atomic E-state index is 13.3. The summed E-state index contributed by atoms with van der Waals surface area (Å²) in [5, 5.41) is 2.39. The third-order valence-corrected chi connectivity index (χ3v) is 8.57. The van der Waals surface area contributed by atoms with E-state index < -0.39 is 10.0 Å². The number of amides is 2. The van der Waals surface area contributed by atoms with E-state index in [-0.39, 0.29) is 24.3 Å². The van der Waals surface area contributed by atoms with E-state index in [4.69, 9.17) is 0 Å². The summed E-state index contributed by atoms with van der Waals surface area (Å²) < 4.78 is 28.0. The number of imide groups is 1. The lowest BCUT2D eigenvalue weighted by Gasteiger charge is -2.29. The first kappa shape index (κ1) is 21.2. The van der Waals surface area contributed by atoms with Crippen molar-refractivity contribution in [3.63, 3.8) is 0 Å². The molecule has 1 unspecified atom stereocenters. The molecule has 0 aromatic heterocycles. The van der Waals surface area contributed by atoms with Gasteiger partial charge < -0.3 is 4.90 Å². The molecule has 0 radical (unpaired) electrons. The van der Waals surface area contributed by atoms with Gasteiger partial charge in [0.1, 0.15) is 0 Å². The fraction of sp³-hybridized carbons (Fsp3) is 0.417. The predicted molar refractivity (Wildman–Crippen MR) is 121 cm³/mol. The van der Waals surface area contributed by atoms with E-state index in [1.807, 2.05) is 30.3 Å². The minimum atomic E-state index is -3.62. The minimum absolute atomic E-state index is 0.240. The standard InChI is InChI=1S/C24H27N3O4S/c28-23-11-10-22(24(29)25-23)17-4-5-18-15-27(16-19(18)14-17)32(30,31)21-8-6-20(7-9-21)26-12-2-1-3-13-26/h4-9,14,22H,1-3,10-13,15-16H2,(H,25,28,29). The third-order valence-electron chi connectivity index (χ3n) is 6.76. The molecule has 1 N–H and O–H groups in total. The van der Waals surface area contributed by atoms with Gasteiger partial charge in [-0.15, -0.1) is 0 Å². The number of rotatable bonds is 4. The molecule has 7 nitrogen and oxygen atoms in total. The Morgan fingerprint density at radius 3 is 2.31 bits per heavy atom. The summed E-state index contributed by atoms with van der Waals surface area (Å²) in [5.74, 6) is -0.889. The highest BCUT2D eigenvalue weighted by Gasteiger charge is 2.33. The second-order valence-corrected chi connectivity index (χ2v) is 10.8. The molecular weight excluding hydrogens is 426 g/mol. The lowest BCUT2D eigenvalue weighted by Crippen LogP contribution is -2.39. The van der Waals surface area contributed by atoms with Crippen LogP contribution in [0.15, 0.2) is 47.4 Å². The Morgan fingerprint density at radius 2 is 1.59 bits per heavy atom. The Bertz CT molecular complexity index is 1150. The van der Waals surface area contributed by atoms with Crippen LogP contribution in [-0.2, 0) is 32.7 Å². The average Bonchev–Trinajstić information content (AvgIpc) is 3.24. The quantitative estimate of drug-likeness (QED) is 0.720. The molecule has 2 amide bonds. The second-order valence-electron chi connectivity index (χ2n) is 8.85. The summed E-state index contributed by atoms with van der Waals surface area (Å²) >= 11 is 0. The molecule has 3 aliphatic heterocycles. The summed E-state index contributed by atoms with van der Waals surface area (Å²) in [6, 6.07) is 12.9. The molecule has 0 aliphatic carbocycles. The van der Waals surface area contributed by atoms with Crippen molar-refractivity contribution < 1.29 is 18.0 Å². The second kappa shape index (κ2) is 8.33. The van der Waals surface area contributed by atoms with Crippen molar-refractivity contribution in [1.82, 2.24) is 9.62 Å². The van der Waals surface area contributed by atoms with Crippen LogP contribution in [0.3, 0.4) is 0 Å². The number of sulfonamides is 1. The number of benzene rings is 2. The van der Waals surface area contributed by atoms with Gasteiger partial charge in [-0.25, -0.2) is 8.42 Å². The van der Waals surface area contributed by atoms with E-state index in [0.717, 1.165) is 35.5 Å². The van der Waals surface area contributed by atoms with E-state index in [1.54, 1.807) is 12.1 Å². The van der Waals surface area contributed by atoms with E-state index in [0.29, 0.717) is 24.3 Å². The van der Waals surface area contributed by atoms with Gasteiger partial charge in [-0.3, -0.25) is 14.9 Å². The molecule has 3 heterocycles. The Balaban J connectivity index is 1.32. The van der Waals surface area contributed by atoms with Crippen molar-refractivity contribution in [3.8, 4) is 0 Å². The monoisotopic (exact) mass is 453 g/mol. The summed E-state index contributed by atoms with van der Waals surface area (Å²) in [6.07, 6.45) is 4.40. The predicted octanol–water partition coefficient (Wildman–Crippen LogP) is 2.90. The highest BCUT2D eigenvalue weighted by Crippen LogP contribution is 2.33. The molecule has 3 aliphatic rings. The summed E-state index contributed by atoms with van der Waals surface area (Å²) in [4.78, 5) is 26.3. The number of piperidine rings is 2. The number of fused-ring (bicyclic) bond motifs is 1. The van der Waals surface area contributed by atoms with Crippen LogP contribution in [0, 0.1) is 0 Å². The van der Waals surface area contributed by atoms with Crippen molar-refractivity contribution in [2.45, 2.75) is 56.0 Å². The van der Waals surface area contributed by atoms with Gasteiger partial charge in [-0.05, 0) is 66.6 Å². The van der Waals surface area contributed by atoms with Crippen LogP contribution in [0.2, 0.25) is 0 Å². The van der Waals surface area contributed by atoms with E-state index in [2.05, 4.69) is 10.2 Å². The maximum Gasteiger partial charge on any atom is 0.243 e. The highest BCUT2D eigenvalue weighted by atomic mass is 32.2. The van der Waals surface area contributed by atoms with Crippen molar-refractivity contribution in [1.29, 1.82) is 0 Å². The summed E-state index contributed by atoms with van der Waals surface area (Å²) in [7, 11) is -3.62. The Kier molecular flexibility index (Phi) is 5.51. The number of hydrogen-bond acceptors (Lipinski definition) is 5. The van der Waals surface area contributed by atoms with Gasteiger partial charge in [0.05, 0.1) is 10.8 Å². The zero-order chi connectivity index (χ0) is 22.3. The van der Waals surface area contributed by atoms with Gasteiger partial charge in [-0.1, -0.05) is 18.2 Å². The fourth-order valence-electron chi connectivity index (χ4n) is 4.91. The van der Waals surface area contributed by atoms with Crippen molar-refractivity contribution in [3.05, 3.63) is 59.2 Å². The van der Waals surface area contributed by atoms with E-state index in [9.17, 15) is 18.0 Å². The Hall–Kier alpha value is -2.71. The molecule has 2 aromatic carbocycles. The Morgan fingerprint density at radius 1 is 0.875 bits per heavy atom. The lowest BCUT2D eigenvalue weighted by molar-refractivity contribution is -0.134. The molecule has 32 heavy (non-hydrogen) atoms. The lowest BCUT2D eigenvalue weighted by atomic mass is 9.89. The summed E-state index contributed by atoms with van der Waals surface area (Å²) in [6.45, 7) is 2.64. The third kappa shape index (κ3) is 3.93. The molecule has 168 valence electrons. The maximum atomic E-state index is 13.3. The molecule has 2 aromatic rings. The SMILES string of the molecule is O=C1CCC(c2ccc3c(c2)CN(S(=O)(=O)c2ccc(N4CCCCC4)cc2)C3)C(=O)N1. The zero-order valence-corrected chi connectivity index (χ0v) is 18.7. The van der Waals surface area contributed by atoms with E-state index >= 15 is 0 Å². The smallest absolute Gasteiger partial charge is 0.243 e. The first-order valence-corrected chi connectivity index (χ1v) is 12.7. The number of anilines is 1. The Labute approximate surface area is 188 Å². The topological polar surface area (TPSA) is 86.8 Å². The van der Waals surface area contributed by atoms with Gasteiger partial charge in [0.2, 0.25) is 21.8 Å². The van der Waals surface area contributed by atoms with Crippen LogP contribution >= 0.6 is 0 Å². The average molecular weight is 454 g/mol. The molecular formula is C24H27N3O4S. The number of nitrogens with zero attached hydrogens (tertiary/aromatic N) is 2. The molecule has 8 heteroatoms. The van der Waals surface area contributed by atoms with Crippen LogP contribution in [0.4, 0.5) is 5.69 Å². The molecule has 1 atom stereocenters. The van der Waals surface area contributed by atoms with Crippen LogP contribution in [-0.4, -0.2) is 37.6 Å². The molecule has 5 rings (SSSR count). The molecule has 0 saturated carbocycles. The van der Waals surface area contributed by atoms with Gasteiger partial charge in [-0.2, -0.15) is 4.31 Å². The molecule has 0 spiro atoms.